The maximum Gasteiger partial charge on any atom is 0.407 e. The van der Waals surface area contributed by atoms with Gasteiger partial charge in [0.1, 0.15) is 23.2 Å². The van der Waals surface area contributed by atoms with Gasteiger partial charge >= 0.3 is 12.8 Å². The van der Waals surface area contributed by atoms with Gasteiger partial charge < -0.3 is 13.7 Å². The highest BCUT2D eigenvalue weighted by Crippen LogP contribution is 2.52. The van der Waals surface area contributed by atoms with Crippen LogP contribution in [0.25, 0.3) is 22.2 Å². The molecule has 13 heteroatoms. The van der Waals surface area contributed by atoms with Gasteiger partial charge in [-0.3, -0.25) is 5.32 Å². The summed E-state index contributed by atoms with van der Waals surface area (Å²) in [7, 11) is -2.11. The lowest BCUT2D eigenvalue weighted by molar-refractivity contribution is -0.159. The van der Waals surface area contributed by atoms with Crippen LogP contribution in [0.15, 0.2) is 48.8 Å². The Morgan fingerprint density at radius 2 is 1.67 bits per heavy atom. The molecule has 2 unspecified atom stereocenters. The molecule has 0 fully saturated rings. The summed E-state index contributed by atoms with van der Waals surface area (Å²) in [5.41, 5.74) is 1.98. The second-order valence-electron chi connectivity index (χ2n) is 13.8. The molecule has 1 N–H and O–H groups in total. The fraction of sp³-hybridized carbons (Fsp3) is 0.469. The van der Waals surface area contributed by atoms with Gasteiger partial charge in [-0.25, -0.2) is 15.0 Å². The first-order chi connectivity index (χ1) is 20.9. The molecule has 7 nitrogen and oxygen atoms in total. The minimum Gasteiger partial charge on any atom is -0.434 e. The zero-order chi connectivity index (χ0) is 32.7. The number of halogens is 5. The van der Waals surface area contributed by atoms with E-state index in [0.29, 0.717) is 22.7 Å². The van der Waals surface area contributed by atoms with E-state index in [1.165, 1.54) is 18.2 Å². The van der Waals surface area contributed by atoms with E-state index in [2.05, 4.69) is 49.1 Å². The fourth-order valence-electron chi connectivity index (χ4n) is 6.24. The summed E-state index contributed by atoms with van der Waals surface area (Å²) in [4.78, 5) is 14.0. The van der Waals surface area contributed by atoms with E-state index in [1.807, 2.05) is 30.5 Å². The van der Waals surface area contributed by atoms with Crippen LogP contribution in [0.5, 0.6) is 5.75 Å². The Morgan fingerprint density at radius 1 is 0.978 bits per heavy atom. The first kappa shape index (κ1) is 31.6. The summed E-state index contributed by atoms with van der Waals surface area (Å²) in [6.07, 6.45) is -1.01. The van der Waals surface area contributed by atoms with Crippen molar-refractivity contribution in [3.8, 4) is 16.9 Å². The second-order valence-corrected chi connectivity index (χ2v) is 18.5. The number of imidazole rings is 1. The average molecular weight is 646 g/mol. The second kappa shape index (κ2) is 10.6. The van der Waals surface area contributed by atoms with Crippen LogP contribution in [-0.4, -0.2) is 40.6 Å². The van der Waals surface area contributed by atoms with Crippen molar-refractivity contribution in [2.75, 3.05) is 0 Å². The Morgan fingerprint density at radius 3 is 2.29 bits per heavy atom. The number of benzene rings is 2. The third-order valence-corrected chi connectivity index (χ3v) is 13.9. The first-order valence-corrected chi connectivity index (χ1v) is 17.7. The third-order valence-electron chi connectivity index (χ3n) is 9.29. The molecule has 0 spiro atoms. The van der Waals surface area contributed by atoms with Gasteiger partial charge in [-0.1, -0.05) is 39.0 Å². The Balaban J connectivity index is 1.40. The van der Waals surface area contributed by atoms with Crippen LogP contribution >= 0.6 is 0 Å². The monoisotopic (exact) mass is 645 g/mol. The Kier molecular flexibility index (Phi) is 7.41. The molecule has 0 radical (unpaired) electrons. The lowest BCUT2D eigenvalue weighted by atomic mass is 9.94. The summed E-state index contributed by atoms with van der Waals surface area (Å²) in [5.74, 6) is 0.692. The number of fused-ring (bicyclic) bond motifs is 9. The predicted octanol–water partition coefficient (Wildman–Crippen LogP) is 8.59. The first-order valence-electron chi connectivity index (χ1n) is 14.8. The third kappa shape index (κ3) is 5.52. The molecular weight excluding hydrogens is 609 g/mol. The van der Waals surface area contributed by atoms with Gasteiger partial charge in [-0.15, -0.1) is 0 Å². The Bertz CT molecular complexity index is 1750. The minimum absolute atomic E-state index is 0.0124. The number of nitrogens with zero attached hydrogens (tertiary/aromatic N) is 4. The van der Waals surface area contributed by atoms with Crippen molar-refractivity contribution in [2.45, 2.75) is 95.7 Å². The van der Waals surface area contributed by atoms with Crippen molar-refractivity contribution < 1.29 is 31.1 Å². The molecule has 2 aromatic heterocycles. The van der Waals surface area contributed by atoms with Crippen molar-refractivity contribution in [1.82, 2.24) is 24.8 Å². The van der Waals surface area contributed by atoms with E-state index in [-0.39, 0.29) is 28.3 Å². The van der Waals surface area contributed by atoms with Crippen LogP contribution in [0.3, 0.4) is 0 Å². The van der Waals surface area contributed by atoms with Gasteiger partial charge in [0, 0.05) is 23.5 Å². The van der Waals surface area contributed by atoms with Gasteiger partial charge in [0.25, 0.3) is 0 Å². The summed E-state index contributed by atoms with van der Waals surface area (Å²) in [5, 5.41) is 2.72. The van der Waals surface area contributed by atoms with Crippen molar-refractivity contribution in [1.29, 1.82) is 0 Å². The zero-order valence-electron chi connectivity index (χ0n) is 26.1. The normalized spacial score (nSPS) is 20.3. The molecule has 3 atom stereocenters. The molecule has 2 aliphatic rings. The maximum atomic E-state index is 14.3. The van der Waals surface area contributed by atoms with Crippen LogP contribution in [0, 0.1) is 0 Å². The van der Waals surface area contributed by atoms with E-state index in [4.69, 9.17) is 14.1 Å². The largest absolute Gasteiger partial charge is 0.434 e. The van der Waals surface area contributed by atoms with Gasteiger partial charge in [0.2, 0.25) is 0 Å². The van der Waals surface area contributed by atoms with E-state index < -0.39 is 44.8 Å². The molecule has 6 rings (SSSR count). The number of hydrogen-bond acceptors (Lipinski definition) is 6. The van der Waals surface area contributed by atoms with E-state index in [1.54, 1.807) is 18.5 Å². The van der Waals surface area contributed by atoms with Gasteiger partial charge in [-0.05, 0) is 67.7 Å². The molecule has 2 aliphatic heterocycles. The van der Waals surface area contributed by atoms with Crippen LogP contribution in [0.1, 0.15) is 81.9 Å². The van der Waals surface area contributed by atoms with E-state index >= 15 is 0 Å². The van der Waals surface area contributed by atoms with Crippen LogP contribution in [-0.2, 0) is 10.0 Å². The quantitative estimate of drug-likeness (QED) is 0.167. The molecule has 0 amide bonds. The highest BCUT2D eigenvalue weighted by molar-refractivity contribution is 6.74. The molecule has 0 aliphatic carbocycles. The highest BCUT2D eigenvalue weighted by atomic mass is 28.4. The number of aromatic nitrogens is 4. The molecule has 2 aromatic carbocycles. The molecule has 0 saturated carbocycles. The van der Waals surface area contributed by atoms with Crippen molar-refractivity contribution in [3.05, 3.63) is 71.6 Å². The number of nitrogens with one attached hydrogen (secondary N) is 1. The summed E-state index contributed by atoms with van der Waals surface area (Å²) < 4.78 is 82.9. The molecule has 4 heterocycles. The standard InChI is InChI=1S/C32H36F5N5O2Si/c1-30(2,3)45(6,7)44-31(4,5)28-38-15-18(16-39-28)17-11-12-20-22(13-17)42-23-14-21(27(42)41-20)40-26(32(35,36)37)19-9-8-10-24(25(19)23)43-29(33)34/h8-13,15-16,21,23,26,29,40H,14H2,1-7H3/t21?,23-,26?/m1/s1. The van der Waals surface area contributed by atoms with Crippen LogP contribution in [0.2, 0.25) is 18.1 Å². The van der Waals surface area contributed by atoms with Crippen molar-refractivity contribution in [2.24, 2.45) is 0 Å². The predicted molar refractivity (Wildman–Crippen MR) is 163 cm³/mol. The molecule has 2 bridgehead atoms. The van der Waals surface area contributed by atoms with E-state index in [9.17, 15) is 22.0 Å². The lowest BCUT2D eigenvalue weighted by Gasteiger charge is -2.42. The topological polar surface area (TPSA) is 74.1 Å². The number of hydrogen-bond donors (Lipinski definition) is 1. The van der Waals surface area contributed by atoms with Gasteiger partial charge in [0.15, 0.2) is 14.1 Å². The summed E-state index contributed by atoms with van der Waals surface area (Å²) in [6.45, 7) is 11.6. The molecular formula is C32H36F5N5O2Si. The number of alkyl halides is 5. The summed E-state index contributed by atoms with van der Waals surface area (Å²) >= 11 is 0. The molecule has 45 heavy (non-hydrogen) atoms. The molecule has 4 aromatic rings. The Hall–Kier alpha value is -3.42. The van der Waals surface area contributed by atoms with Crippen molar-refractivity contribution >= 4 is 19.4 Å². The molecule has 240 valence electrons. The molecule has 0 saturated heterocycles. The zero-order valence-corrected chi connectivity index (χ0v) is 27.1. The van der Waals surface area contributed by atoms with Gasteiger partial charge in [0.05, 0.1) is 23.1 Å². The smallest absolute Gasteiger partial charge is 0.407 e. The van der Waals surface area contributed by atoms with E-state index in [0.717, 1.165) is 11.1 Å². The summed E-state index contributed by atoms with van der Waals surface area (Å²) in [6, 6.07) is 5.93. The van der Waals surface area contributed by atoms with Gasteiger partial charge in [-0.2, -0.15) is 22.0 Å². The number of rotatable bonds is 6. The minimum atomic E-state index is -4.66. The SMILES string of the molecule is CC(C)(O[Si](C)(C)C(C)(C)C)c1ncc(-c2ccc3nc4n(c3c2)[C@@H]2CC4NC(C(F)(F)F)c3cccc(OC(F)F)c32)cn1. The van der Waals surface area contributed by atoms with Crippen LogP contribution < -0.4 is 10.1 Å². The fourth-order valence-corrected chi connectivity index (χ4v) is 7.92. The Labute approximate surface area is 259 Å². The van der Waals surface area contributed by atoms with Crippen molar-refractivity contribution in [3.63, 3.8) is 0 Å². The highest BCUT2D eigenvalue weighted by Gasteiger charge is 2.50. The maximum absolute atomic E-state index is 14.3. The van der Waals surface area contributed by atoms with Crippen LogP contribution in [0.4, 0.5) is 22.0 Å². The average Bonchev–Trinajstić information content (AvgIpc) is 3.39. The lowest BCUT2D eigenvalue weighted by Crippen LogP contribution is -2.46. The number of ether oxygens (including phenoxy) is 1.